The number of benzene rings is 1. The molecular formula is C30H47ClN4O4S. The first-order chi connectivity index (χ1) is 19.1. The lowest BCUT2D eigenvalue weighted by Gasteiger charge is -2.39. The third kappa shape index (κ3) is 7.04. The van der Waals surface area contributed by atoms with E-state index in [1.54, 1.807) is 4.31 Å². The Morgan fingerprint density at radius 1 is 1.12 bits per heavy atom. The molecule has 3 heterocycles. The molecule has 0 aromatic heterocycles. The number of halogens is 1. The number of hydrogen-bond donors (Lipinski definition) is 3. The number of carbonyl (C=O) groups excluding carboxylic acids is 1. The van der Waals surface area contributed by atoms with Crippen LogP contribution in [0.1, 0.15) is 83.1 Å². The lowest BCUT2D eigenvalue weighted by Crippen LogP contribution is -2.57. The van der Waals surface area contributed by atoms with Crippen molar-refractivity contribution in [3.05, 3.63) is 34.9 Å². The first kappa shape index (κ1) is 30.2. The summed E-state index contributed by atoms with van der Waals surface area (Å²) >= 11 is 6.19. The molecule has 3 saturated heterocycles. The summed E-state index contributed by atoms with van der Waals surface area (Å²) in [4.78, 5) is 13.7. The highest BCUT2D eigenvalue weighted by molar-refractivity contribution is 7.89. The van der Waals surface area contributed by atoms with E-state index in [0.717, 1.165) is 63.4 Å². The standard InChI is InChI=1S/C30H47ClN4O4S/c1-19-15-23(16-20(2)39-19)28(22-8-11-24(31)12-9-22)29(32)30(36)34-27-7-3-5-21(27)10-13-26-17-33-25-6-4-14-40(37,38)35(26)18-25/h8-9,11-12,19-21,23,25-29,33H,3-7,10,13-18,32H2,1-2H3,(H,34,36). The monoisotopic (exact) mass is 594 g/mol. The largest absolute Gasteiger partial charge is 0.376 e. The molecule has 1 amide bonds. The van der Waals surface area contributed by atoms with Crippen molar-refractivity contribution < 1.29 is 17.9 Å². The number of sulfonamides is 1. The van der Waals surface area contributed by atoms with E-state index in [1.165, 1.54) is 0 Å². The van der Waals surface area contributed by atoms with Crippen LogP contribution in [-0.2, 0) is 19.6 Å². The van der Waals surface area contributed by atoms with Crippen LogP contribution in [0.15, 0.2) is 24.3 Å². The SMILES string of the molecule is CC1CC(C(c2ccc(Cl)cc2)C(N)C(=O)NC2CCCC2CCC2CNC3CCCS(=O)(=O)N2C3)CC(C)O1. The zero-order valence-electron chi connectivity index (χ0n) is 23.9. The molecule has 4 N–H and O–H groups in total. The van der Waals surface area contributed by atoms with Gasteiger partial charge in [0.05, 0.1) is 24.0 Å². The van der Waals surface area contributed by atoms with Gasteiger partial charge in [0, 0.05) is 42.2 Å². The van der Waals surface area contributed by atoms with Crippen LogP contribution in [0.5, 0.6) is 0 Å². The number of piperazine rings is 1. The van der Waals surface area contributed by atoms with Gasteiger partial charge in [-0.3, -0.25) is 4.79 Å². The van der Waals surface area contributed by atoms with Crippen LogP contribution in [0.25, 0.3) is 0 Å². The maximum absolute atomic E-state index is 13.7. The van der Waals surface area contributed by atoms with E-state index in [4.69, 9.17) is 22.1 Å². The average Bonchev–Trinajstić information content (AvgIpc) is 3.30. The summed E-state index contributed by atoms with van der Waals surface area (Å²) in [6.07, 6.45) is 8.37. The Bertz CT molecular complexity index is 1110. The third-order valence-corrected chi connectivity index (χ3v) is 12.0. The molecule has 40 heavy (non-hydrogen) atoms. The molecule has 1 aromatic rings. The van der Waals surface area contributed by atoms with Crippen LogP contribution in [0, 0.1) is 11.8 Å². The van der Waals surface area contributed by atoms with Gasteiger partial charge in [-0.05, 0) is 94.7 Å². The highest BCUT2D eigenvalue weighted by Gasteiger charge is 2.41. The van der Waals surface area contributed by atoms with E-state index in [0.29, 0.717) is 24.0 Å². The van der Waals surface area contributed by atoms with E-state index in [9.17, 15) is 13.2 Å². The Morgan fingerprint density at radius 3 is 2.58 bits per heavy atom. The first-order valence-electron chi connectivity index (χ1n) is 15.3. The normalized spacial score (nSPS) is 37.3. The molecule has 1 aromatic carbocycles. The van der Waals surface area contributed by atoms with Crippen LogP contribution in [-0.4, -0.2) is 73.8 Å². The smallest absolute Gasteiger partial charge is 0.237 e. The number of ether oxygens (including phenoxy) is 1. The second kappa shape index (κ2) is 13.0. The molecule has 0 spiro atoms. The minimum atomic E-state index is -3.20. The summed E-state index contributed by atoms with van der Waals surface area (Å²) in [6.45, 7) is 5.48. The minimum Gasteiger partial charge on any atom is -0.376 e. The Kier molecular flexibility index (Phi) is 9.80. The molecule has 1 saturated carbocycles. The number of nitrogens with zero attached hydrogens (tertiary/aromatic N) is 1. The molecular weight excluding hydrogens is 548 g/mol. The highest BCUT2D eigenvalue weighted by atomic mass is 35.5. The topological polar surface area (TPSA) is 114 Å². The number of fused-ring (bicyclic) bond motifs is 2. The maximum atomic E-state index is 13.7. The van der Waals surface area contributed by atoms with Gasteiger partial charge in [0.2, 0.25) is 15.9 Å². The van der Waals surface area contributed by atoms with Gasteiger partial charge >= 0.3 is 0 Å². The van der Waals surface area contributed by atoms with E-state index < -0.39 is 16.1 Å². The molecule has 10 heteroatoms. The molecule has 2 bridgehead atoms. The fourth-order valence-corrected chi connectivity index (χ4v) is 9.81. The van der Waals surface area contributed by atoms with Crippen molar-refractivity contribution in [2.45, 2.75) is 114 Å². The van der Waals surface area contributed by atoms with Crippen molar-refractivity contribution in [2.24, 2.45) is 17.6 Å². The van der Waals surface area contributed by atoms with Crippen LogP contribution in [0.2, 0.25) is 5.02 Å². The minimum absolute atomic E-state index is 0.00894. The molecule has 8 nitrogen and oxygen atoms in total. The molecule has 9 unspecified atom stereocenters. The lowest BCUT2D eigenvalue weighted by molar-refractivity contribution is -0.125. The molecule has 1 aliphatic carbocycles. The van der Waals surface area contributed by atoms with Crippen LogP contribution >= 0.6 is 11.6 Å². The van der Waals surface area contributed by atoms with Crippen molar-refractivity contribution in [1.29, 1.82) is 0 Å². The van der Waals surface area contributed by atoms with Gasteiger partial charge in [-0.25, -0.2) is 8.42 Å². The van der Waals surface area contributed by atoms with E-state index in [1.807, 2.05) is 24.3 Å². The number of nitrogens with two attached hydrogens (primary N) is 1. The van der Waals surface area contributed by atoms with Crippen molar-refractivity contribution >= 4 is 27.5 Å². The second-order valence-electron chi connectivity index (χ2n) is 12.8. The molecule has 9 atom stereocenters. The Labute approximate surface area is 245 Å². The van der Waals surface area contributed by atoms with Crippen LogP contribution in [0.4, 0.5) is 0 Å². The van der Waals surface area contributed by atoms with E-state index >= 15 is 0 Å². The number of rotatable bonds is 8. The predicted octanol–water partition coefficient (Wildman–Crippen LogP) is 3.79. The fraction of sp³-hybridized carbons (Fsp3) is 0.767. The molecule has 5 rings (SSSR count). The summed E-state index contributed by atoms with van der Waals surface area (Å²) in [6, 6.07) is 7.41. The Balaban J connectivity index is 1.24. The summed E-state index contributed by atoms with van der Waals surface area (Å²) < 4.78 is 33.5. The summed E-state index contributed by atoms with van der Waals surface area (Å²) in [7, 11) is -3.20. The fourth-order valence-electron chi connectivity index (χ4n) is 7.87. The van der Waals surface area contributed by atoms with Crippen molar-refractivity contribution in [1.82, 2.24) is 14.9 Å². The highest BCUT2D eigenvalue weighted by Crippen LogP contribution is 2.39. The van der Waals surface area contributed by atoms with Gasteiger partial charge < -0.3 is 21.1 Å². The summed E-state index contributed by atoms with van der Waals surface area (Å²) in [5, 5.41) is 7.58. The first-order valence-corrected chi connectivity index (χ1v) is 17.3. The lowest BCUT2D eigenvalue weighted by atomic mass is 9.74. The van der Waals surface area contributed by atoms with Crippen molar-refractivity contribution in [3.8, 4) is 0 Å². The number of nitrogens with one attached hydrogen (secondary N) is 2. The summed E-state index contributed by atoms with van der Waals surface area (Å²) in [5.74, 6) is 0.599. The molecule has 0 radical (unpaired) electrons. The van der Waals surface area contributed by atoms with E-state index in [-0.39, 0.29) is 53.8 Å². The van der Waals surface area contributed by atoms with Gasteiger partial charge in [-0.2, -0.15) is 4.31 Å². The number of hydrogen-bond acceptors (Lipinski definition) is 6. The average molecular weight is 595 g/mol. The van der Waals surface area contributed by atoms with Crippen molar-refractivity contribution in [2.75, 3.05) is 18.8 Å². The maximum Gasteiger partial charge on any atom is 0.237 e. The molecule has 3 aliphatic heterocycles. The Hall–Kier alpha value is -1.23. The summed E-state index contributed by atoms with van der Waals surface area (Å²) in [5.41, 5.74) is 7.85. The number of amides is 1. The third-order valence-electron chi connectivity index (χ3n) is 9.81. The zero-order chi connectivity index (χ0) is 28.4. The van der Waals surface area contributed by atoms with E-state index in [2.05, 4.69) is 24.5 Å². The zero-order valence-corrected chi connectivity index (χ0v) is 25.5. The van der Waals surface area contributed by atoms with Crippen LogP contribution in [0.3, 0.4) is 0 Å². The Morgan fingerprint density at radius 2 is 1.85 bits per heavy atom. The van der Waals surface area contributed by atoms with Crippen LogP contribution < -0.4 is 16.4 Å². The number of carbonyl (C=O) groups is 1. The van der Waals surface area contributed by atoms with Gasteiger partial charge in [0.15, 0.2) is 0 Å². The molecule has 4 aliphatic rings. The predicted molar refractivity (Wildman–Crippen MR) is 159 cm³/mol. The quantitative estimate of drug-likeness (QED) is 0.422. The van der Waals surface area contributed by atoms with Gasteiger partial charge in [-0.1, -0.05) is 30.2 Å². The van der Waals surface area contributed by atoms with Gasteiger partial charge in [0.25, 0.3) is 0 Å². The van der Waals surface area contributed by atoms with Gasteiger partial charge in [0.1, 0.15) is 0 Å². The van der Waals surface area contributed by atoms with Crippen molar-refractivity contribution in [3.63, 3.8) is 0 Å². The molecule has 224 valence electrons. The second-order valence-corrected chi connectivity index (χ2v) is 15.2. The van der Waals surface area contributed by atoms with Gasteiger partial charge in [-0.15, -0.1) is 0 Å². The molecule has 4 fully saturated rings.